The number of nitrogens with zero attached hydrogens (tertiary/aromatic N) is 1. The van der Waals surface area contributed by atoms with Gasteiger partial charge in [-0.05, 0) is 42.6 Å². The molecule has 0 bridgehead atoms. The SMILES string of the molecule is O=C(OCc1ccccc1)N1CCC2(CC1)C[C@@H]2CCO. The zero-order valence-corrected chi connectivity index (χ0v) is 12.3. The number of amides is 1. The van der Waals surface area contributed by atoms with Gasteiger partial charge >= 0.3 is 6.09 Å². The lowest BCUT2D eigenvalue weighted by molar-refractivity contribution is 0.0772. The summed E-state index contributed by atoms with van der Waals surface area (Å²) in [7, 11) is 0. The summed E-state index contributed by atoms with van der Waals surface area (Å²) in [6.07, 6.45) is 4.04. The van der Waals surface area contributed by atoms with Gasteiger partial charge in [-0.3, -0.25) is 0 Å². The zero-order chi connectivity index (χ0) is 14.7. The number of rotatable bonds is 4. The summed E-state index contributed by atoms with van der Waals surface area (Å²) >= 11 is 0. The highest BCUT2D eigenvalue weighted by molar-refractivity contribution is 5.67. The Labute approximate surface area is 125 Å². The van der Waals surface area contributed by atoms with Gasteiger partial charge < -0.3 is 14.7 Å². The van der Waals surface area contributed by atoms with Crippen LogP contribution in [-0.2, 0) is 11.3 Å². The average molecular weight is 289 g/mol. The van der Waals surface area contributed by atoms with Gasteiger partial charge in [0, 0.05) is 19.7 Å². The van der Waals surface area contributed by atoms with Gasteiger partial charge in [0.15, 0.2) is 0 Å². The fourth-order valence-corrected chi connectivity index (χ4v) is 3.55. The highest BCUT2D eigenvalue weighted by atomic mass is 16.6. The van der Waals surface area contributed by atoms with Gasteiger partial charge in [-0.2, -0.15) is 0 Å². The van der Waals surface area contributed by atoms with Crippen LogP contribution >= 0.6 is 0 Å². The smallest absolute Gasteiger partial charge is 0.410 e. The van der Waals surface area contributed by atoms with E-state index in [0.717, 1.165) is 37.9 Å². The molecule has 1 amide bonds. The molecule has 0 unspecified atom stereocenters. The number of piperidine rings is 1. The van der Waals surface area contributed by atoms with Crippen molar-refractivity contribution < 1.29 is 14.6 Å². The number of hydrogen-bond acceptors (Lipinski definition) is 3. The Bertz CT molecular complexity index is 480. The van der Waals surface area contributed by atoms with Crippen LogP contribution in [0, 0.1) is 11.3 Å². The number of carbonyl (C=O) groups excluding carboxylic acids is 1. The van der Waals surface area contributed by atoms with Crippen molar-refractivity contribution in [2.75, 3.05) is 19.7 Å². The topological polar surface area (TPSA) is 49.8 Å². The first-order chi connectivity index (χ1) is 10.2. The highest BCUT2D eigenvalue weighted by Crippen LogP contribution is 2.60. The van der Waals surface area contributed by atoms with Crippen molar-refractivity contribution in [1.82, 2.24) is 4.90 Å². The summed E-state index contributed by atoms with van der Waals surface area (Å²) in [6.45, 7) is 2.20. The molecule has 1 aromatic rings. The Morgan fingerprint density at radius 2 is 2.00 bits per heavy atom. The first kappa shape index (κ1) is 14.4. The number of carbonyl (C=O) groups is 1. The van der Waals surface area contributed by atoms with Crippen LogP contribution in [0.25, 0.3) is 0 Å². The third kappa shape index (κ3) is 3.21. The maximum absolute atomic E-state index is 12.1. The number of hydrogen-bond donors (Lipinski definition) is 1. The molecule has 1 atom stereocenters. The quantitative estimate of drug-likeness (QED) is 0.927. The molecular formula is C17H23NO3. The third-order valence-corrected chi connectivity index (χ3v) is 5.06. The first-order valence-corrected chi connectivity index (χ1v) is 7.80. The minimum atomic E-state index is -0.201. The zero-order valence-electron chi connectivity index (χ0n) is 12.3. The van der Waals surface area contributed by atoms with Crippen molar-refractivity contribution in [3.8, 4) is 0 Å². The second-order valence-corrected chi connectivity index (χ2v) is 6.30. The van der Waals surface area contributed by atoms with E-state index in [1.165, 1.54) is 6.42 Å². The molecule has 3 rings (SSSR count). The molecule has 1 aliphatic carbocycles. The molecular weight excluding hydrogens is 266 g/mol. The molecule has 0 radical (unpaired) electrons. The van der Waals surface area contributed by atoms with E-state index in [-0.39, 0.29) is 12.7 Å². The lowest BCUT2D eigenvalue weighted by Gasteiger charge is -2.32. The number of likely N-dealkylation sites (tertiary alicyclic amines) is 1. The lowest BCUT2D eigenvalue weighted by Crippen LogP contribution is -2.39. The molecule has 0 aromatic heterocycles. The molecule has 4 nitrogen and oxygen atoms in total. The molecule has 2 fully saturated rings. The molecule has 1 N–H and O–H groups in total. The van der Waals surface area contributed by atoms with Crippen LogP contribution < -0.4 is 0 Å². The van der Waals surface area contributed by atoms with E-state index in [1.807, 2.05) is 35.2 Å². The average Bonchev–Trinajstić information content (AvgIpc) is 3.19. The van der Waals surface area contributed by atoms with Crippen molar-refractivity contribution in [1.29, 1.82) is 0 Å². The van der Waals surface area contributed by atoms with Crippen LogP contribution in [-0.4, -0.2) is 35.8 Å². The standard InChI is InChI=1S/C17H23NO3/c19-11-6-15-12-17(15)7-9-18(10-8-17)16(20)21-13-14-4-2-1-3-5-14/h1-5,15,19H,6-13H2/t15-/m0/s1. The summed E-state index contributed by atoms with van der Waals surface area (Å²) in [5, 5.41) is 9.02. The molecule has 1 heterocycles. The number of ether oxygens (including phenoxy) is 1. The Kier molecular flexibility index (Phi) is 4.15. The van der Waals surface area contributed by atoms with Crippen molar-refractivity contribution in [2.24, 2.45) is 11.3 Å². The van der Waals surface area contributed by atoms with Crippen molar-refractivity contribution >= 4 is 6.09 Å². The van der Waals surface area contributed by atoms with Gasteiger partial charge in [0.2, 0.25) is 0 Å². The van der Waals surface area contributed by atoms with Crippen LogP contribution in [0.15, 0.2) is 30.3 Å². The Morgan fingerprint density at radius 1 is 1.29 bits per heavy atom. The predicted octanol–water partition coefficient (Wildman–Crippen LogP) is 2.81. The van der Waals surface area contributed by atoms with Crippen LogP contribution in [0.4, 0.5) is 4.79 Å². The maximum atomic E-state index is 12.1. The third-order valence-electron chi connectivity index (χ3n) is 5.06. The second kappa shape index (κ2) is 6.06. The molecule has 1 spiro atoms. The van der Waals surface area contributed by atoms with Crippen LogP contribution in [0.2, 0.25) is 0 Å². The first-order valence-electron chi connectivity index (χ1n) is 7.80. The number of aliphatic hydroxyl groups is 1. The summed E-state index contributed by atoms with van der Waals surface area (Å²) in [5.74, 6) is 0.671. The Hall–Kier alpha value is -1.55. The normalized spacial score (nSPS) is 23.1. The Balaban J connectivity index is 1.43. The predicted molar refractivity (Wildman–Crippen MR) is 79.7 cm³/mol. The number of benzene rings is 1. The van der Waals surface area contributed by atoms with E-state index in [9.17, 15) is 4.79 Å². The van der Waals surface area contributed by atoms with E-state index in [1.54, 1.807) is 0 Å². The molecule has 1 saturated heterocycles. The van der Waals surface area contributed by atoms with E-state index < -0.39 is 0 Å². The lowest BCUT2D eigenvalue weighted by atomic mass is 9.90. The van der Waals surface area contributed by atoms with E-state index in [4.69, 9.17) is 9.84 Å². The van der Waals surface area contributed by atoms with Crippen molar-refractivity contribution in [3.63, 3.8) is 0 Å². The van der Waals surface area contributed by atoms with E-state index in [2.05, 4.69) is 0 Å². The molecule has 1 saturated carbocycles. The number of aliphatic hydroxyl groups excluding tert-OH is 1. The van der Waals surface area contributed by atoms with Gasteiger partial charge in [0.1, 0.15) is 6.61 Å². The van der Waals surface area contributed by atoms with Gasteiger partial charge in [-0.25, -0.2) is 4.79 Å². The fourth-order valence-electron chi connectivity index (χ4n) is 3.55. The molecule has 2 aliphatic rings. The summed E-state index contributed by atoms with van der Waals surface area (Å²) < 4.78 is 5.38. The van der Waals surface area contributed by atoms with Gasteiger partial charge in [-0.1, -0.05) is 30.3 Å². The monoisotopic (exact) mass is 289 g/mol. The largest absolute Gasteiger partial charge is 0.445 e. The molecule has 1 aromatic carbocycles. The van der Waals surface area contributed by atoms with E-state index in [0.29, 0.717) is 17.9 Å². The Morgan fingerprint density at radius 3 is 2.67 bits per heavy atom. The maximum Gasteiger partial charge on any atom is 0.410 e. The minimum absolute atomic E-state index is 0.201. The van der Waals surface area contributed by atoms with Gasteiger partial charge in [0.05, 0.1) is 0 Å². The molecule has 21 heavy (non-hydrogen) atoms. The second-order valence-electron chi connectivity index (χ2n) is 6.30. The van der Waals surface area contributed by atoms with Crippen molar-refractivity contribution in [3.05, 3.63) is 35.9 Å². The minimum Gasteiger partial charge on any atom is -0.445 e. The fraction of sp³-hybridized carbons (Fsp3) is 0.588. The van der Waals surface area contributed by atoms with E-state index >= 15 is 0 Å². The summed E-state index contributed by atoms with van der Waals surface area (Å²) in [5.41, 5.74) is 1.43. The van der Waals surface area contributed by atoms with Gasteiger partial charge in [0.25, 0.3) is 0 Å². The highest BCUT2D eigenvalue weighted by Gasteiger charge is 2.54. The van der Waals surface area contributed by atoms with Crippen molar-refractivity contribution in [2.45, 2.75) is 32.3 Å². The van der Waals surface area contributed by atoms with Crippen LogP contribution in [0.3, 0.4) is 0 Å². The van der Waals surface area contributed by atoms with Crippen LogP contribution in [0.1, 0.15) is 31.2 Å². The molecule has 1 aliphatic heterocycles. The van der Waals surface area contributed by atoms with Crippen LogP contribution in [0.5, 0.6) is 0 Å². The molecule has 4 heteroatoms. The van der Waals surface area contributed by atoms with Gasteiger partial charge in [-0.15, -0.1) is 0 Å². The summed E-state index contributed by atoms with van der Waals surface area (Å²) in [4.78, 5) is 13.9. The molecule has 114 valence electrons. The summed E-state index contributed by atoms with van der Waals surface area (Å²) in [6, 6.07) is 9.77.